The van der Waals surface area contributed by atoms with Gasteiger partial charge in [0.1, 0.15) is 0 Å². The van der Waals surface area contributed by atoms with E-state index in [1.54, 1.807) is 17.8 Å². The molecule has 5 heteroatoms. The Labute approximate surface area is 116 Å². The van der Waals surface area contributed by atoms with Crippen molar-refractivity contribution in [3.05, 3.63) is 40.2 Å². The molecule has 0 spiro atoms. The first-order valence-corrected chi connectivity index (χ1v) is 7.12. The molecule has 0 bridgehead atoms. The molecule has 1 heterocycles. The van der Waals surface area contributed by atoms with Gasteiger partial charge in [0.05, 0.1) is 5.69 Å². The molecule has 0 unspecified atom stereocenters. The summed E-state index contributed by atoms with van der Waals surface area (Å²) in [6.07, 6.45) is 0.987. The molecule has 18 heavy (non-hydrogen) atoms. The summed E-state index contributed by atoms with van der Waals surface area (Å²) in [5, 5.41) is 7.88. The molecule has 0 saturated carbocycles. The number of nitrogens with two attached hydrogens (primary N) is 1. The van der Waals surface area contributed by atoms with Crippen molar-refractivity contribution in [3.8, 4) is 0 Å². The van der Waals surface area contributed by atoms with Crippen LogP contribution >= 0.6 is 23.4 Å². The maximum Gasteiger partial charge on any atom is 0.0626 e. The van der Waals surface area contributed by atoms with Crippen molar-refractivity contribution < 1.29 is 0 Å². The lowest BCUT2D eigenvalue weighted by Crippen LogP contribution is -1.94. The van der Waals surface area contributed by atoms with E-state index in [2.05, 4.69) is 17.1 Å². The Balaban J connectivity index is 1.96. The Morgan fingerprint density at radius 1 is 1.39 bits per heavy atom. The second-order valence-corrected chi connectivity index (χ2v) is 5.77. The van der Waals surface area contributed by atoms with E-state index in [-0.39, 0.29) is 0 Å². The van der Waals surface area contributed by atoms with Crippen molar-refractivity contribution >= 4 is 29.1 Å². The fourth-order valence-corrected chi connectivity index (χ4v) is 2.95. The Bertz CT molecular complexity index is 532. The zero-order valence-corrected chi connectivity index (χ0v) is 12.0. The maximum absolute atomic E-state index is 5.92. The van der Waals surface area contributed by atoms with Gasteiger partial charge in [0.2, 0.25) is 0 Å². The highest BCUT2D eigenvalue weighted by molar-refractivity contribution is 7.99. The molecule has 2 rings (SSSR count). The summed E-state index contributed by atoms with van der Waals surface area (Å²) in [7, 11) is 0. The maximum atomic E-state index is 5.92. The number of nitrogens with one attached hydrogen (secondary N) is 1. The molecule has 0 aliphatic heterocycles. The van der Waals surface area contributed by atoms with E-state index in [0.29, 0.717) is 5.02 Å². The van der Waals surface area contributed by atoms with Gasteiger partial charge in [0.25, 0.3) is 0 Å². The highest BCUT2D eigenvalue weighted by Gasteiger charge is 2.07. The number of H-pyrrole nitrogens is 1. The summed E-state index contributed by atoms with van der Waals surface area (Å²) >= 11 is 7.62. The van der Waals surface area contributed by atoms with Gasteiger partial charge in [-0.05, 0) is 44.0 Å². The van der Waals surface area contributed by atoms with Crippen LogP contribution in [0, 0.1) is 13.8 Å². The molecule has 0 fully saturated rings. The molecule has 0 aliphatic rings. The monoisotopic (exact) mass is 281 g/mol. The van der Waals surface area contributed by atoms with Gasteiger partial charge in [-0.2, -0.15) is 5.10 Å². The third-order valence-electron chi connectivity index (χ3n) is 2.86. The lowest BCUT2D eigenvalue weighted by molar-refractivity contribution is 1.02. The minimum Gasteiger partial charge on any atom is -0.398 e. The molecule has 0 amide bonds. The first-order chi connectivity index (χ1) is 8.58. The van der Waals surface area contributed by atoms with Crippen molar-refractivity contribution in [3.63, 3.8) is 0 Å². The Morgan fingerprint density at radius 3 is 2.78 bits per heavy atom. The SMILES string of the molecule is Cc1n[nH]c(C)c1CCSc1ccc(Cl)cc1N. The number of anilines is 1. The van der Waals surface area contributed by atoms with Crippen LogP contribution in [-0.4, -0.2) is 16.0 Å². The number of nitrogen functional groups attached to an aromatic ring is 1. The average molecular weight is 282 g/mol. The summed E-state index contributed by atoms with van der Waals surface area (Å²) in [6, 6.07) is 5.63. The molecular weight excluding hydrogens is 266 g/mol. The number of aromatic nitrogens is 2. The van der Waals surface area contributed by atoms with E-state index >= 15 is 0 Å². The molecule has 0 saturated heterocycles. The number of benzene rings is 1. The highest BCUT2D eigenvalue weighted by Crippen LogP contribution is 2.28. The van der Waals surface area contributed by atoms with Crippen LogP contribution in [0.1, 0.15) is 17.0 Å². The van der Waals surface area contributed by atoms with Gasteiger partial charge >= 0.3 is 0 Å². The van der Waals surface area contributed by atoms with Crippen LogP contribution in [0.15, 0.2) is 23.1 Å². The van der Waals surface area contributed by atoms with Crippen LogP contribution in [0.3, 0.4) is 0 Å². The van der Waals surface area contributed by atoms with Crippen LogP contribution in [0.25, 0.3) is 0 Å². The van der Waals surface area contributed by atoms with Crippen LogP contribution in [0.2, 0.25) is 5.02 Å². The summed E-state index contributed by atoms with van der Waals surface area (Å²) < 4.78 is 0. The Kier molecular flexibility index (Phi) is 4.19. The second kappa shape index (κ2) is 5.67. The topological polar surface area (TPSA) is 54.7 Å². The van der Waals surface area contributed by atoms with Gasteiger partial charge in [0.15, 0.2) is 0 Å². The molecule has 0 atom stereocenters. The van der Waals surface area contributed by atoms with E-state index < -0.39 is 0 Å². The summed E-state index contributed by atoms with van der Waals surface area (Å²) in [5.74, 6) is 0.979. The Morgan fingerprint density at radius 2 is 2.17 bits per heavy atom. The van der Waals surface area contributed by atoms with Crippen LogP contribution in [-0.2, 0) is 6.42 Å². The number of hydrogen-bond donors (Lipinski definition) is 2. The first-order valence-electron chi connectivity index (χ1n) is 5.76. The molecule has 0 radical (unpaired) electrons. The van der Waals surface area contributed by atoms with Crippen molar-refractivity contribution in [2.75, 3.05) is 11.5 Å². The van der Waals surface area contributed by atoms with Crippen molar-refractivity contribution in [1.29, 1.82) is 0 Å². The molecule has 2 aromatic rings. The van der Waals surface area contributed by atoms with Gasteiger partial charge in [-0.15, -0.1) is 11.8 Å². The lowest BCUT2D eigenvalue weighted by Gasteiger charge is -2.06. The largest absolute Gasteiger partial charge is 0.398 e. The number of rotatable bonds is 4. The van der Waals surface area contributed by atoms with Crippen LogP contribution < -0.4 is 5.73 Å². The lowest BCUT2D eigenvalue weighted by atomic mass is 10.1. The van der Waals surface area contributed by atoms with Gasteiger partial charge in [-0.1, -0.05) is 11.6 Å². The molecule has 3 N–H and O–H groups in total. The smallest absolute Gasteiger partial charge is 0.0626 e. The van der Waals surface area contributed by atoms with Crippen molar-refractivity contribution in [2.45, 2.75) is 25.2 Å². The fraction of sp³-hybridized carbons (Fsp3) is 0.308. The highest BCUT2D eigenvalue weighted by atomic mass is 35.5. The summed E-state index contributed by atoms with van der Waals surface area (Å²) in [4.78, 5) is 1.08. The van der Waals surface area contributed by atoms with Gasteiger partial charge in [0, 0.05) is 27.1 Å². The van der Waals surface area contributed by atoms with E-state index in [4.69, 9.17) is 17.3 Å². The standard InChI is InChI=1S/C13H16ClN3S/c1-8-11(9(2)17-16-8)5-6-18-13-4-3-10(14)7-12(13)15/h3-4,7H,5-6,15H2,1-2H3,(H,16,17). The van der Waals surface area contributed by atoms with Gasteiger partial charge in [-0.3, -0.25) is 5.10 Å². The number of aryl methyl sites for hydroxylation is 2. The van der Waals surface area contributed by atoms with E-state index in [1.165, 1.54) is 5.56 Å². The van der Waals surface area contributed by atoms with Crippen molar-refractivity contribution in [2.24, 2.45) is 0 Å². The van der Waals surface area contributed by atoms with Crippen molar-refractivity contribution in [1.82, 2.24) is 10.2 Å². The normalized spacial score (nSPS) is 10.8. The van der Waals surface area contributed by atoms with E-state index in [1.807, 2.05) is 19.1 Å². The third kappa shape index (κ3) is 3.00. The number of nitrogens with zero attached hydrogens (tertiary/aromatic N) is 1. The molecule has 0 aliphatic carbocycles. The molecular formula is C13H16ClN3S. The van der Waals surface area contributed by atoms with Gasteiger partial charge < -0.3 is 5.73 Å². The minimum absolute atomic E-state index is 0.679. The zero-order chi connectivity index (χ0) is 13.1. The number of halogens is 1. The minimum atomic E-state index is 0.679. The molecule has 96 valence electrons. The van der Waals surface area contributed by atoms with E-state index in [0.717, 1.165) is 34.1 Å². The number of aromatic amines is 1. The van der Waals surface area contributed by atoms with Crippen LogP contribution in [0.4, 0.5) is 5.69 Å². The number of hydrogen-bond acceptors (Lipinski definition) is 3. The third-order valence-corrected chi connectivity index (χ3v) is 4.19. The fourth-order valence-electron chi connectivity index (χ4n) is 1.86. The zero-order valence-electron chi connectivity index (χ0n) is 10.5. The second-order valence-electron chi connectivity index (χ2n) is 4.19. The quantitative estimate of drug-likeness (QED) is 0.665. The molecule has 1 aromatic carbocycles. The van der Waals surface area contributed by atoms with Gasteiger partial charge in [-0.25, -0.2) is 0 Å². The molecule has 3 nitrogen and oxygen atoms in total. The average Bonchev–Trinajstić information content (AvgIpc) is 2.63. The number of thioether (sulfide) groups is 1. The Hall–Kier alpha value is -1.13. The first kappa shape index (κ1) is 13.3. The summed E-state index contributed by atoms with van der Waals surface area (Å²) in [6.45, 7) is 4.08. The predicted octanol–water partition coefficient (Wildman–Crippen LogP) is 3.60. The summed E-state index contributed by atoms with van der Waals surface area (Å²) in [5.41, 5.74) is 10.2. The van der Waals surface area contributed by atoms with Crippen LogP contribution in [0.5, 0.6) is 0 Å². The predicted molar refractivity (Wildman–Crippen MR) is 78.4 cm³/mol. The molecule has 1 aromatic heterocycles. The van der Waals surface area contributed by atoms with E-state index in [9.17, 15) is 0 Å².